The van der Waals surface area contributed by atoms with E-state index in [0.717, 1.165) is 5.69 Å². The Labute approximate surface area is 225 Å². The van der Waals surface area contributed by atoms with Crippen LogP contribution in [-0.4, -0.2) is 39.6 Å². The Morgan fingerprint density at radius 3 is 2.29 bits per heavy atom. The van der Waals surface area contributed by atoms with Crippen molar-refractivity contribution in [1.29, 1.82) is 0 Å². The molecule has 10 heteroatoms. The highest BCUT2D eigenvalue weighted by Gasteiger charge is 2.24. The third-order valence-corrected chi connectivity index (χ3v) is 6.46. The van der Waals surface area contributed by atoms with Crippen LogP contribution >= 0.6 is 46.4 Å². The van der Waals surface area contributed by atoms with E-state index in [-0.39, 0.29) is 34.4 Å². The topological polar surface area (TPSA) is 67.2 Å². The third-order valence-electron chi connectivity index (χ3n) is 5.17. The fraction of sp³-hybridized carbons (Fsp3) is 0.320. The molecule has 1 heterocycles. The van der Waals surface area contributed by atoms with Gasteiger partial charge in [0.25, 0.3) is 5.91 Å². The maximum absolute atomic E-state index is 13.1. The standard InChI is InChI=1S/C25H26Cl4N4O2/c1-5-10-32(24(35)17-8-6-15(26)11-19(17)28)14-23(34)30-22-13-21(25(2,3)4)31-33(22)16-7-9-18(27)20(29)12-16/h6-9,11-13H,5,10,14H2,1-4H3,(H,30,34). The summed E-state index contributed by atoms with van der Waals surface area (Å²) in [7, 11) is 0. The number of amides is 2. The second kappa shape index (κ2) is 11.2. The van der Waals surface area contributed by atoms with Gasteiger partial charge in [-0.25, -0.2) is 4.68 Å². The Morgan fingerprint density at radius 2 is 1.69 bits per heavy atom. The lowest BCUT2D eigenvalue weighted by molar-refractivity contribution is -0.116. The van der Waals surface area contributed by atoms with Crippen LogP contribution in [0.1, 0.15) is 50.2 Å². The molecule has 35 heavy (non-hydrogen) atoms. The summed E-state index contributed by atoms with van der Waals surface area (Å²) >= 11 is 24.5. The van der Waals surface area contributed by atoms with Crippen LogP contribution < -0.4 is 5.32 Å². The zero-order chi connectivity index (χ0) is 25.9. The number of hydrogen-bond donors (Lipinski definition) is 1. The van der Waals surface area contributed by atoms with Gasteiger partial charge in [-0.3, -0.25) is 9.59 Å². The monoisotopic (exact) mass is 554 g/mol. The molecule has 1 N–H and O–H groups in total. The van der Waals surface area contributed by atoms with Crippen molar-refractivity contribution in [3.05, 3.63) is 73.8 Å². The third kappa shape index (κ3) is 6.70. The number of rotatable bonds is 7. The van der Waals surface area contributed by atoms with Crippen molar-refractivity contribution in [3.8, 4) is 5.69 Å². The van der Waals surface area contributed by atoms with Gasteiger partial charge in [-0.1, -0.05) is 74.1 Å². The van der Waals surface area contributed by atoms with Gasteiger partial charge in [-0.15, -0.1) is 0 Å². The quantitative estimate of drug-likeness (QED) is 0.333. The molecule has 3 aromatic rings. The van der Waals surface area contributed by atoms with Crippen molar-refractivity contribution in [2.45, 2.75) is 39.5 Å². The van der Waals surface area contributed by atoms with Gasteiger partial charge in [0.1, 0.15) is 12.4 Å². The van der Waals surface area contributed by atoms with Gasteiger partial charge in [0.05, 0.1) is 32.0 Å². The first-order chi connectivity index (χ1) is 16.4. The number of hydrogen-bond acceptors (Lipinski definition) is 3. The summed E-state index contributed by atoms with van der Waals surface area (Å²) in [5.74, 6) is -0.276. The van der Waals surface area contributed by atoms with Crippen LogP contribution in [0, 0.1) is 0 Å². The van der Waals surface area contributed by atoms with E-state index in [1.807, 2.05) is 33.8 Å². The molecule has 6 nitrogen and oxygen atoms in total. The van der Waals surface area contributed by atoms with Crippen LogP contribution in [0.3, 0.4) is 0 Å². The summed E-state index contributed by atoms with van der Waals surface area (Å²) in [6, 6.07) is 11.6. The molecule has 0 bridgehead atoms. The molecule has 2 aromatic carbocycles. The molecule has 0 unspecified atom stereocenters. The Kier molecular flexibility index (Phi) is 8.76. The van der Waals surface area contributed by atoms with Gasteiger partial charge >= 0.3 is 0 Å². The van der Waals surface area contributed by atoms with Crippen LogP contribution in [0.25, 0.3) is 5.69 Å². The molecule has 1 aromatic heterocycles. The number of aromatic nitrogens is 2. The van der Waals surface area contributed by atoms with Crippen molar-refractivity contribution in [2.24, 2.45) is 0 Å². The van der Waals surface area contributed by atoms with Gasteiger partial charge in [0.15, 0.2) is 0 Å². The fourth-order valence-corrected chi connectivity index (χ4v) is 4.14. The van der Waals surface area contributed by atoms with Crippen molar-refractivity contribution >= 4 is 64.0 Å². The van der Waals surface area contributed by atoms with E-state index < -0.39 is 0 Å². The second-order valence-corrected chi connectivity index (χ2v) is 10.7. The van der Waals surface area contributed by atoms with E-state index in [1.165, 1.54) is 11.0 Å². The van der Waals surface area contributed by atoms with E-state index in [1.54, 1.807) is 35.0 Å². The Hall–Kier alpha value is -2.25. The largest absolute Gasteiger partial charge is 0.329 e. The number of halogens is 4. The highest BCUT2D eigenvalue weighted by atomic mass is 35.5. The predicted octanol–water partition coefficient (Wildman–Crippen LogP) is 7.27. The first-order valence-electron chi connectivity index (χ1n) is 11.0. The van der Waals surface area contributed by atoms with Crippen molar-refractivity contribution < 1.29 is 9.59 Å². The lowest BCUT2D eigenvalue weighted by Crippen LogP contribution is -2.38. The maximum Gasteiger partial charge on any atom is 0.255 e. The van der Waals surface area contributed by atoms with E-state index >= 15 is 0 Å². The lowest BCUT2D eigenvalue weighted by Gasteiger charge is -2.22. The first kappa shape index (κ1) is 27.3. The predicted molar refractivity (Wildman–Crippen MR) is 144 cm³/mol. The molecule has 186 valence electrons. The first-order valence-corrected chi connectivity index (χ1v) is 12.5. The highest BCUT2D eigenvalue weighted by molar-refractivity contribution is 6.42. The minimum atomic E-state index is -0.376. The zero-order valence-electron chi connectivity index (χ0n) is 19.8. The van der Waals surface area contributed by atoms with Crippen molar-refractivity contribution in [2.75, 3.05) is 18.4 Å². The molecular weight excluding hydrogens is 530 g/mol. The smallest absolute Gasteiger partial charge is 0.255 e. The van der Waals surface area contributed by atoms with Crippen LogP contribution in [0.15, 0.2) is 42.5 Å². The summed E-state index contributed by atoms with van der Waals surface area (Å²) in [6.45, 7) is 8.22. The van der Waals surface area contributed by atoms with Gasteiger partial charge < -0.3 is 10.2 Å². The molecule has 0 aliphatic rings. The van der Waals surface area contributed by atoms with Gasteiger partial charge in [0, 0.05) is 23.0 Å². The molecular formula is C25H26Cl4N4O2. The molecule has 3 rings (SSSR count). The molecule has 0 saturated carbocycles. The number of carbonyl (C=O) groups excluding carboxylic acids is 2. The van der Waals surface area contributed by atoms with Gasteiger partial charge in [-0.2, -0.15) is 5.10 Å². The van der Waals surface area contributed by atoms with Crippen LogP contribution in [-0.2, 0) is 10.2 Å². The average Bonchev–Trinajstić information content (AvgIpc) is 3.19. The van der Waals surface area contributed by atoms with E-state index in [0.29, 0.717) is 39.5 Å². The van der Waals surface area contributed by atoms with E-state index in [9.17, 15) is 9.59 Å². The fourth-order valence-electron chi connectivity index (χ4n) is 3.36. The molecule has 0 saturated heterocycles. The van der Waals surface area contributed by atoms with Crippen LogP contribution in [0.5, 0.6) is 0 Å². The minimum absolute atomic E-state index is 0.164. The molecule has 0 spiro atoms. The van der Waals surface area contributed by atoms with E-state index in [2.05, 4.69) is 10.4 Å². The van der Waals surface area contributed by atoms with E-state index in [4.69, 9.17) is 46.4 Å². The number of anilines is 1. The SMILES string of the molecule is CCCN(CC(=O)Nc1cc(C(C)(C)C)nn1-c1ccc(Cl)c(Cl)c1)C(=O)c1ccc(Cl)cc1Cl. The Morgan fingerprint density at radius 1 is 0.971 bits per heavy atom. The summed E-state index contributed by atoms with van der Waals surface area (Å²) in [5, 5.41) is 9.02. The molecule has 0 aliphatic heterocycles. The maximum atomic E-state index is 13.1. The number of benzene rings is 2. The normalized spacial score (nSPS) is 11.4. The Balaban J connectivity index is 1.89. The summed E-state index contributed by atoms with van der Waals surface area (Å²) < 4.78 is 1.60. The summed E-state index contributed by atoms with van der Waals surface area (Å²) in [4.78, 5) is 27.7. The summed E-state index contributed by atoms with van der Waals surface area (Å²) in [5.41, 5.74) is 1.43. The van der Waals surface area contributed by atoms with Gasteiger partial charge in [0.2, 0.25) is 5.91 Å². The Bertz CT molecular complexity index is 1250. The van der Waals surface area contributed by atoms with Crippen molar-refractivity contribution in [1.82, 2.24) is 14.7 Å². The average molecular weight is 556 g/mol. The highest BCUT2D eigenvalue weighted by Crippen LogP contribution is 2.29. The van der Waals surface area contributed by atoms with Gasteiger partial charge in [-0.05, 0) is 42.8 Å². The van der Waals surface area contributed by atoms with Crippen LogP contribution in [0.4, 0.5) is 5.82 Å². The molecule has 2 amide bonds. The van der Waals surface area contributed by atoms with Crippen molar-refractivity contribution in [3.63, 3.8) is 0 Å². The molecule has 0 aliphatic carbocycles. The number of carbonyl (C=O) groups is 2. The minimum Gasteiger partial charge on any atom is -0.329 e. The van der Waals surface area contributed by atoms with Crippen LogP contribution in [0.2, 0.25) is 20.1 Å². The second-order valence-electron chi connectivity index (χ2n) is 9.07. The number of nitrogens with zero attached hydrogens (tertiary/aromatic N) is 3. The molecule has 0 atom stereocenters. The number of nitrogens with one attached hydrogen (secondary N) is 1. The lowest BCUT2D eigenvalue weighted by atomic mass is 9.92. The molecule has 0 radical (unpaired) electrons. The summed E-state index contributed by atoms with van der Waals surface area (Å²) in [6.07, 6.45) is 0.666. The zero-order valence-corrected chi connectivity index (χ0v) is 22.9. The molecule has 0 fully saturated rings.